The largest absolute Gasteiger partial charge is 0.375 e. The average molecular weight is 361 g/mol. The summed E-state index contributed by atoms with van der Waals surface area (Å²) < 4.78 is 1.14. The summed E-state index contributed by atoms with van der Waals surface area (Å²) in [6.07, 6.45) is 2.99. The van der Waals surface area contributed by atoms with Crippen molar-refractivity contribution in [3.63, 3.8) is 0 Å². The van der Waals surface area contributed by atoms with Crippen LogP contribution >= 0.6 is 27.3 Å². The van der Waals surface area contributed by atoms with Crippen LogP contribution in [-0.2, 0) is 12.8 Å². The van der Waals surface area contributed by atoms with Crippen molar-refractivity contribution in [3.05, 3.63) is 57.0 Å². The number of hydrogen-bond acceptors (Lipinski definition) is 3. The maximum atomic E-state index is 5.90. The zero-order chi connectivity index (χ0) is 14.8. The lowest BCUT2D eigenvalue weighted by atomic mass is 10.0. The molecule has 0 unspecified atom stereocenters. The predicted molar refractivity (Wildman–Crippen MR) is 95.0 cm³/mol. The van der Waals surface area contributed by atoms with E-state index in [1.165, 1.54) is 21.2 Å². The van der Waals surface area contributed by atoms with Gasteiger partial charge in [-0.3, -0.25) is 0 Å². The minimum absolute atomic E-state index is 0.676. The van der Waals surface area contributed by atoms with Crippen LogP contribution in [-0.4, -0.2) is 4.98 Å². The Labute approximate surface area is 137 Å². The van der Waals surface area contributed by atoms with Gasteiger partial charge in [0.1, 0.15) is 0 Å². The Kier molecular flexibility index (Phi) is 4.27. The number of nitrogens with zero attached hydrogens (tertiary/aromatic N) is 1. The van der Waals surface area contributed by atoms with Crippen molar-refractivity contribution in [2.24, 2.45) is 0 Å². The van der Waals surface area contributed by atoms with Gasteiger partial charge in [0.15, 0.2) is 5.13 Å². The van der Waals surface area contributed by atoms with Gasteiger partial charge in [-0.2, -0.15) is 0 Å². The molecule has 4 heteroatoms. The fourth-order valence-electron chi connectivity index (χ4n) is 2.63. The highest BCUT2D eigenvalue weighted by atomic mass is 79.9. The summed E-state index contributed by atoms with van der Waals surface area (Å²) in [6.45, 7) is 2.17. The SMILES string of the molecule is CCCc1nc(N)sc1Cc1ccc(Br)c2ccccc12. The van der Waals surface area contributed by atoms with Gasteiger partial charge >= 0.3 is 0 Å². The van der Waals surface area contributed by atoms with Crippen LogP contribution in [0.4, 0.5) is 5.13 Å². The highest BCUT2D eigenvalue weighted by molar-refractivity contribution is 9.10. The van der Waals surface area contributed by atoms with E-state index >= 15 is 0 Å². The Morgan fingerprint density at radius 1 is 1.14 bits per heavy atom. The second kappa shape index (κ2) is 6.16. The number of fused-ring (bicyclic) bond motifs is 1. The molecular formula is C17H17BrN2S. The Morgan fingerprint density at radius 2 is 1.90 bits per heavy atom. The second-order valence-corrected chi connectivity index (χ2v) is 7.07. The topological polar surface area (TPSA) is 38.9 Å². The van der Waals surface area contributed by atoms with E-state index in [1.807, 2.05) is 0 Å². The number of halogens is 1. The molecule has 2 N–H and O–H groups in total. The molecule has 21 heavy (non-hydrogen) atoms. The number of thiazole rings is 1. The Morgan fingerprint density at radius 3 is 2.67 bits per heavy atom. The van der Waals surface area contributed by atoms with Crippen LogP contribution in [0.2, 0.25) is 0 Å². The molecule has 3 rings (SSSR count). The first-order chi connectivity index (χ1) is 10.2. The molecule has 0 aliphatic carbocycles. The van der Waals surface area contributed by atoms with Crippen molar-refractivity contribution in [1.82, 2.24) is 4.98 Å². The third kappa shape index (κ3) is 2.97. The standard InChI is InChI=1S/C17H17BrN2S/c1-2-5-15-16(21-17(19)20-15)10-11-8-9-14(18)13-7-4-3-6-12(11)13/h3-4,6-9H,2,5,10H2,1H3,(H2,19,20). The van der Waals surface area contributed by atoms with Crippen LogP contribution in [0.5, 0.6) is 0 Å². The Balaban J connectivity index is 2.04. The van der Waals surface area contributed by atoms with Crippen molar-refractivity contribution in [2.75, 3.05) is 5.73 Å². The summed E-state index contributed by atoms with van der Waals surface area (Å²) in [6, 6.07) is 12.8. The minimum Gasteiger partial charge on any atom is -0.375 e. The number of nitrogens with two attached hydrogens (primary N) is 1. The number of rotatable bonds is 4. The van der Waals surface area contributed by atoms with Gasteiger partial charge in [0, 0.05) is 15.8 Å². The molecule has 0 saturated heterocycles. The summed E-state index contributed by atoms with van der Waals surface area (Å²) >= 11 is 5.25. The van der Waals surface area contributed by atoms with Crippen LogP contribution in [0.1, 0.15) is 29.5 Å². The van der Waals surface area contributed by atoms with E-state index in [9.17, 15) is 0 Å². The minimum atomic E-state index is 0.676. The number of aromatic nitrogens is 1. The highest BCUT2D eigenvalue weighted by Crippen LogP contribution is 2.31. The summed E-state index contributed by atoms with van der Waals surface area (Å²) in [5.74, 6) is 0. The monoisotopic (exact) mass is 360 g/mol. The lowest BCUT2D eigenvalue weighted by Crippen LogP contribution is -1.94. The summed E-state index contributed by atoms with van der Waals surface area (Å²) in [7, 11) is 0. The zero-order valence-electron chi connectivity index (χ0n) is 11.9. The molecule has 0 spiro atoms. The molecule has 0 aliphatic heterocycles. The number of anilines is 1. The highest BCUT2D eigenvalue weighted by Gasteiger charge is 2.12. The van der Waals surface area contributed by atoms with Gasteiger partial charge in [0.2, 0.25) is 0 Å². The molecule has 0 radical (unpaired) electrons. The summed E-state index contributed by atoms with van der Waals surface area (Å²) in [5.41, 5.74) is 8.39. The number of aryl methyl sites for hydroxylation is 1. The number of nitrogen functional groups attached to an aromatic ring is 1. The molecule has 2 nitrogen and oxygen atoms in total. The van der Waals surface area contributed by atoms with E-state index in [1.54, 1.807) is 11.3 Å². The van der Waals surface area contributed by atoms with Crippen LogP contribution in [0.15, 0.2) is 40.9 Å². The van der Waals surface area contributed by atoms with Crippen molar-refractivity contribution >= 4 is 43.2 Å². The fourth-order valence-corrected chi connectivity index (χ4v) is 4.00. The predicted octanol–water partition coefficient (Wildman–Crippen LogP) is 5.18. The van der Waals surface area contributed by atoms with Gasteiger partial charge in [0.05, 0.1) is 5.69 Å². The first-order valence-electron chi connectivity index (χ1n) is 7.09. The molecule has 0 bridgehead atoms. The molecular weight excluding hydrogens is 344 g/mol. The molecule has 0 fully saturated rings. The van der Waals surface area contributed by atoms with E-state index in [2.05, 4.69) is 64.2 Å². The van der Waals surface area contributed by atoms with E-state index in [4.69, 9.17) is 5.73 Å². The summed E-state index contributed by atoms with van der Waals surface area (Å²) in [5, 5.41) is 3.22. The lowest BCUT2D eigenvalue weighted by Gasteiger charge is -2.08. The van der Waals surface area contributed by atoms with Gasteiger partial charge in [-0.1, -0.05) is 59.6 Å². The van der Waals surface area contributed by atoms with E-state index < -0.39 is 0 Å². The molecule has 0 atom stereocenters. The molecule has 0 aliphatic rings. The normalized spacial score (nSPS) is 11.1. The van der Waals surface area contributed by atoms with Crippen molar-refractivity contribution in [3.8, 4) is 0 Å². The van der Waals surface area contributed by atoms with Crippen LogP contribution in [0.3, 0.4) is 0 Å². The quantitative estimate of drug-likeness (QED) is 0.695. The van der Waals surface area contributed by atoms with E-state index in [-0.39, 0.29) is 0 Å². The first kappa shape index (κ1) is 14.5. The molecule has 0 saturated carbocycles. The Hall–Kier alpha value is -1.39. The molecule has 1 heterocycles. The summed E-state index contributed by atoms with van der Waals surface area (Å²) in [4.78, 5) is 5.77. The van der Waals surface area contributed by atoms with Gasteiger partial charge in [-0.05, 0) is 28.8 Å². The third-order valence-corrected chi connectivity index (χ3v) is 5.21. The van der Waals surface area contributed by atoms with Crippen LogP contribution in [0, 0.1) is 0 Å². The smallest absolute Gasteiger partial charge is 0.180 e. The molecule has 2 aromatic carbocycles. The average Bonchev–Trinajstić information content (AvgIpc) is 2.82. The third-order valence-electron chi connectivity index (χ3n) is 3.59. The van der Waals surface area contributed by atoms with Gasteiger partial charge in [0.25, 0.3) is 0 Å². The van der Waals surface area contributed by atoms with Crippen molar-refractivity contribution < 1.29 is 0 Å². The molecule has 108 valence electrons. The molecule has 0 amide bonds. The first-order valence-corrected chi connectivity index (χ1v) is 8.70. The zero-order valence-corrected chi connectivity index (χ0v) is 14.3. The Bertz CT molecular complexity index is 780. The van der Waals surface area contributed by atoms with Crippen LogP contribution in [0.25, 0.3) is 10.8 Å². The number of benzene rings is 2. The lowest BCUT2D eigenvalue weighted by molar-refractivity contribution is 0.880. The van der Waals surface area contributed by atoms with Gasteiger partial charge in [-0.15, -0.1) is 11.3 Å². The fraction of sp³-hybridized carbons (Fsp3) is 0.235. The van der Waals surface area contributed by atoms with E-state index in [0.717, 1.165) is 29.4 Å². The van der Waals surface area contributed by atoms with Crippen molar-refractivity contribution in [2.45, 2.75) is 26.2 Å². The van der Waals surface area contributed by atoms with Gasteiger partial charge in [-0.25, -0.2) is 4.98 Å². The van der Waals surface area contributed by atoms with Gasteiger partial charge < -0.3 is 5.73 Å². The second-order valence-electron chi connectivity index (χ2n) is 5.10. The van der Waals surface area contributed by atoms with Crippen molar-refractivity contribution in [1.29, 1.82) is 0 Å². The number of hydrogen-bond donors (Lipinski definition) is 1. The maximum absolute atomic E-state index is 5.90. The van der Waals surface area contributed by atoms with Crippen LogP contribution < -0.4 is 5.73 Å². The maximum Gasteiger partial charge on any atom is 0.180 e. The molecule has 1 aromatic heterocycles. The molecule has 3 aromatic rings. The van der Waals surface area contributed by atoms with E-state index in [0.29, 0.717) is 5.13 Å².